The summed E-state index contributed by atoms with van der Waals surface area (Å²) in [7, 11) is 1.41. The molecule has 1 atom stereocenters. The molecule has 5 nitrogen and oxygen atoms in total. The molecule has 84 valence electrons. The van der Waals surface area contributed by atoms with Gasteiger partial charge in [0.15, 0.2) is 11.1 Å². The first-order valence-electron chi connectivity index (χ1n) is 4.11. The Balaban J connectivity index is 0. The molecule has 0 aliphatic carbocycles. The number of ether oxygens (including phenoxy) is 1. The molecule has 0 aromatic heterocycles. The van der Waals surface area contributed by atoms with E-state index in [1.165, 1.54) is 26.2 Å². The number of carbonyl (C=O) groups is 1. The van der Waals surface area contributed by atoms with Gasteiger partial charge in [0.1, 0.15) is 10.6 Å². The summed E-state index contributed by atoms with van der Waals surface area (Å²) in [5.74, 6) is 0.0692. The molecule has 0 aliphatic rings. The summed E-state index contributed by atoms with van der Waals surface area (Å²) in [6, 6.07) is 4.52. The Morgan fingerprint density at radius 1 is 1.56 bits per heavy atom. The standard InChI is InChI=1S/C9H11NO4S.K.H/c1-6(11)10-7-3-4-8(14-2)9(5-7)15(12)13;;/h3-5H,1-2H3,(H,10,11)(H,12,13);;/q;+1;-1. The van der Waals surface area contributed by atoms with Crippen LogP contribution in [0, 0.1) is 0 Å². The molecule has 0 radical (unpaired) electrons. The van der Waals surface area contributed by atoms with Crippen LogP contribution in [-0.4, -0.2) is 21.8 Å². The second kappa shape index (κ2) is 7.54. The molecule has 1 amide bonds. The van der Waals surface area contributed by atoms with Crippen LogP contribution < -0.4 is 61.4 Å². The Morgan fingerprint density at radius 3 is 2.62 bits per heavy atom. The molecule has 1 aromatic carbocycles. The number of rotatable bonds is 3. The molecule has 7 heteroatoms. The second-order valence-electron chi connectivity index (χ2n) is 2.80. The van der Waals surface area contributed by atoms with Crippen molar-refractivity contribution in [2.45, 2.75) is 11.8 Å². The van der Waals surface area contributed by atoms with Crippen molar-refractivity contribution < 1.29 is 71.1 Å². The van der Waals surface area contributed by atoms with Crippen LogP contribution in [0.3, 0.4) is 0 Å². The number of benzene rings is 1. The van der Waals surface area contributed by atoms with E-state index in [2.05, 4.69) is 5.32 Å². The molecular weight excluding hydrogens is 257 g/mol. The van der Waals surface area contributed by atoms with E-state index in [-0.39, 0.29) is 63.6 Å². The number of amides is 1. The average molecular weight is 269 g/mol. The van der Waals surface area contributed by atoms with Crippen LogP contribution >= 0.6 is 0 Å². The molecule has 0 bridgehead atoms. The predicted molar refractivity (Wildman–Crippen MR) is 57.4 cm³/mol. The number of carbonyl (C=O) groups excluding carboxylic acids is 1. The first-order chi connectivity index (χ1) is 7.04. The first-order valence-corrected chi connectivity index (χ1v) is 5.21. The minimum atomic E-state index is -2.14. The van der Waals surface area contributed by atoms with Crippen LogP contribution in [0.5, 0.6) is 5.75 Å². The predicted octanol–water partition coefficient (Wildman–Crippen LogP) is -1.65. The first kappa shape index (κ1) is 16.2. The Hall–Kier alpha value is 0.236. The van der Waals surface area contributed by atoms with Gasteiger partial charge in [-0.25, -0.2) is 4.21 Å². The molecule has 0 saturated carbocycles. The largest absolute Gasteiger partial charge is 1.00 e. The molecule has 0 saturated heterocycles. The van der Waals surface area contributed by atoms with Crippen LogP contribution in [0.1, 0.15) is 8.35 Å². The normalized spacial score (nSPS) is 11.2. The minimum absolute atomic E-state index is 0. The maximum Gasteiger partial charge on any atom is 1.00 e. The molecule has 1 rings (SSSR count). The average Bonchev–Trinajstić information content (AvgIpc) is 2.16. The summed E-state index contributed by atoms with van der Waals surface area (Å²) >= 11 is -2.14. The van der Waals surface area contributed by atoms with Crippen LogP contribution in [-0.2, 0) is 15.9 Å². The van der Waals surface area contributed by atoms with Gasteiger partial charge in [0.25, 0.3) is 0 Å². The van der Waals surface area contributed by atoms with E-state index in [1.54, 1.807) is 6.07 Å². The van der Waals surface area contributed by atoms with Crippen molar-refractivity contribution in [3.05, 3.63) is 18.2 Å². The fraction of sp³-hybridized carbons (Fsp3) is 0.222. The summed E-state index contributed by atoms with van der Waals surface area (Å²) in [5.41, 5.74) is 0.459. The SMILES string of the molecule is COc1ccc(NC(C)=O)cc1S(=O)O.[H-].[K+]. The maximum atomic E-state index is 10.9. The maximum absolute atomic E-state index is 10.9. The van der Waals surface area contributed by atoms with Gasteiger partial charge in [0.05, 0.1) is 7.11 Å². The number of nitrogens with one attached hydrogen (secondary N) is 1. The number of hydrogen-bond acceptors (Lipinski definition) is 3. The van der Waals surface area contributed by atoms with E-state index < -0.39 is 11.1 Å². The van der Waals surface area contributed by atoms with Crippen molar-refractivity contribution in [1.82, 2.24) is 0 Å². The van der Waals surface area contributed by atoms with Crippen LogP contribution in [0.2, 0.25) is 0 Å². The second-order valence-corrected chi connectivity index (χ2v) is 3.73. The van der Waals surface area contributed by atoms with Gasteiger partial charge < -0.3 is 16.0 Å². The van der Waals surface area contributed by atoms with E-state index in [9.17, 15) is 9.00 Å². The van der Waals surface area contributed by atoms with Gasteiger partial charge in [0, 0.05) is 12.6 Å². The Morgan fingerprint density at radius 2 is 2.19 bits per heavy atom. The number of hydrogen-bond donors (Lipinski definition) is 2. The van der Waals surface area contributed by atoms with E-state index in [0.29, 0.717) is 11.4 Å². The van der Waals surface area contributed by atoms with Gasteiger partial charge >= 0.3 is 51.4 Å². The van der Waals surface area contributed by atoms with Crippen LogP contribution in [0.25, 0.3) is 0 Å². The zero-order valence-electron chi connectivity index (χ0n) is 10.3. The summed E-state index contributed by atoms with van der Waals surface area (Å²) in [4.78, 5) is 10.9. The van der Waals surface area contributed by atoms with Gasteiger partial charge in [0.2, 0.25) is 5.91 Å². The van der Waals surface area contributed by atoms with Gasteiger partial charge in [-0.3, -0.25) is 4.79 Å². The molecule has 1 unspecified atom stereocenters. The van der Waals surface area contributed by atoms with Crippen molar-refractivity contribution in [2.24, 2.45) is 0 Å². The third-order valence-electron chi connectivity index (χ3n) is 1.67. The van der Waals surface area contributed by atoms with E-state index in [1.807, 2.05) is 0 Å². The zero-order chi connectivity index (χ0) is 11.4. The van der Waals surface area contributed by atoms with Crippen LogP contribution in [0.15, 0.2) is 23.1 Å². The van der Waals surface area contributed by atoms with Gasteiger partial charge in [-0.2, -0.15) is 0 Å². The molecular formula is C9H12KNO4S. The fourth-order valence-electron chi connectivity index (χ4n) is 1.09. The number of anilines is 1. The molecule has 0 heterocycles. The molecule has 2 N–H and O–H groups in total. The van der Waals surface area contributed by atoms with Crippen molar-refractivity contribution >= 4 is 22.7 Å². The quantitative estimate of drug-likeness (QED) is 0.509. The third kappa shape index (κ3) is 4.62. The summed E-state index contributed by atoms with van der Waals surface area (Å²) in [5, 5.41) is 2.51. The van der Waals surface area contributed by atoms with Gasteiger partial charge in [-0.1, -0.05) is 0 Å². The molecule has 0 aliphatic heterocycles. The Bertz CT molecular complexity index is 416. The third-order valence-corrected chi connectivity index (χ3v) is 2.37. The van der Waals surface area contributed by atoms with Crippen LogP contribution in [0.4, 0.5) is 5.69 Å². The minimum Gasteiger partial charge on any atom is -1.00 e. The zero-order valence-corrected chi connectivity index (χ0v) is 13.3. The van der Waals surface area contributed by atoms with Gasteiger partial charge in [-0.05, 0) is 18.2 Å². The topological polar surface area (TPSA) is 75.6 Å². The van der Waals surface area contributed by atoms with Gasteiger partial charge in [-0.15, -0.1) is 0 Å². The Kier molecular flexibility index (Phi) is 7.65. The fourth-order valence-corrected chi connectivity index (χ4v) is 1.65. The van der Waals surface area contributed by atoms with E-state index >= 15 is 0 Å². The number of methoxy groups -OCH3 is 1. The summed E-state index contributed by atoms with van der Waals surface area (Å²) in [6.07, 6.45) is 0. The monoisotopic (exact) mass is 269 g/mol. The van der Waals surface area contributed by atoms with Crippen molar-refractivity contribution in [3.8, 4) is 5.75 Å². The summed E-state index contributed by atoms with van der Waals surface area (Å²) in [6.45, 7) is 1.36. The molecule has 0 spiro atoms. The van der Waals surface area contributed by atoms with E-state index in [4.69, 9.17) is 9.29 Å². The smallest absolute Gasteiger partial charge is 1.00 e. The van der Waals surface area contributed by atoms with Crippen molar-refractivity contribution in [2.75, 3.05) is 12.4 Å². The summed E-state index contributed by atoms with van der Waals surface area (Å²) < 4.78 is 24.8. The molecule has 0 fully saturated rings. The molecule has 16 heavy (non-hydrogen) atoms. The van der Waals surface area contributed by atoms with Crippen molar-refractivity contribution in [1.29, 1.82) is 0 Å². The Labute approximate surface area is 140 Å². The molecule has 1 aromatic rings. The van der Waals surface area contributed by atoms with E-state index in [0.717, 1.165) is 0 Å². The van der Waals surface area contributed by atoms with Crippen molar-refractivity contribution in [3.63, 3.8) is 0 Å².